The van der Waals surface area contributed by atoms with Crippen LogP contribution in [-0.4, -0.2) is 40.0 Å². The van der Waals surface area contributed by atoms with Crippen LogP contribution in [0.25, 0.3) is 21.5 Å². The Balaban J connectivity index is 1.36. The Morgan fingerprint density at radius 3 is 2.73 bits per heavy atom. The number of aromatic nitrogens is 2. The van der Waals surface area contributed by atoms with Gasteiger partial charge >= 0.3 is 0 Å². The lowest BCUT2D eigenvalue weighted by Crippen LogP contribution is -2.59. The van der Waals surface area contributed by atoms with Crippen LogP contribution in [-0.2, 0) is 0 Å². The van der Waals surface area contributed by atoms with Gasteiger partial charge in [0, 0.05) is 17.6 Å². The summed E-state index contributed by atoms with van der Waals surface area (Å²) in [7, 11) is 0. The van der Waals surface area contributed by atoms with E-state index in [0.717, 1.165) is 33.4 Å². The van der Waals surface area contributed by atoms with E-state index in [2.05, 4.69) is 59.4 Å². The first kappa shape index (κ1) is 16.2. The smallest absolute Gasteiger partial charge is 0.0907 e. The Morgan fingerprint density at radius 2 is 2.00 bits per heavy atom. The fraction of sp³-hybridized carbons (Fsp3) is 0.429. The molecule has 0 radical (unpaired) electrons. The van der Waals surface area contributed by atoms with Gasteiger partial charge < -0.3 is 5.32 Å². The molecule has 1 N–H and O–H groups in total. The zero-order valence-corrected chi connectivity index (χ0v) is 16.1. The van der Waals surface area contributed by atoms with Gasteiger partial charge in [-0.25, -0.2) is 4.98 Å². The molecule has 0 saturated carbocycles. The number of pyridine rings is 1. The summed E-state index contributed by atoms with van der Waals surface area (Å²) in [6.45, 7) is 6.94. The van der Waals surface area contributed by atoms with Gasteiger partial charge in [0.25, 0.3) is 0 Å². The number of rotatable bonds is 3. The van der Waals surface area contributed by atoms with E-state index < -0.39 is 0 Å². The molecule has 134 valence electrons. The Morgan fingerprint density at radius 1 is 1.15 bits per heavy atom. The summed E-state index contributed by atoms with van der Waals surface area (Å²) in [6.07, 6.45) is 4.62. The van der Waals surface area contributed by atoms with Crippen LogP contribution in [0.2, 0.25) is 0 Å². The lowest BCUT2D eigenvalue weighted by Gasteiger charge is -2.50. The summed E-state index contributed by atoms with van der Waals surface area (Å²) in [5.74, 6) is 0.796. The molecule has 3 aliphatic heterocycles. The summed E-state index contributed by atoms with van der Waals surface area (Å²) < 4.78 is 1.24. The molecule has 3 aromatic rings. The van der Waals surface area contributed by atoms with Gasteiger partial charge in [-0.3, -0.25) is 9.88 Å². The molecule has 1 aromatic carbocycles. The van der Waals surface area contributed by atoms with E-state index in [4.69, 9.17) is 4.98 Å². The van der Waals surface area contributed by atoms with E-state index in [1.807, 2.05) is 6.20 Å². The predicted molar refractivity (Wildman–Crippen MR) is 109 cm³/mol. The SMILES string of the molecule is Cc1nc2cc(-c3ccc(N[C@H]4C5CCN(CC5)[C@@H]4C)cn3)ccc2s1. The third kappa shape index (κ3) is 2.79. The first-order chi connectivity index (χ1) is 12.7. The third-order valence-corrected chi connectivity index (χ3v) is 7.02. The topological polar surface area (TPSA) is 41.1 Å². The highest BCUT2D eigenvalue weighted by atomic mass is 32.1. The van der Waals surface area contributed by atoms with E-state index in [9.17, 15) is 0 Å². The number of piperidine rings is 3. The minimum absolute atomic E-state index is 0.541. The van der Waals surface area contributed by atoms with Gasteiger partial charge in [0.05, 0.1) is 32.8 Å². The minimum Gasteiger partial charge on any atom is -0.379 e. The van der Waals surface area contributed by atoms with Gasteiger partial charge in [-0.2, -0.15) is 0 Å². The number of aryl methyl sites for hydroxylation is 1. The average Bonchev–Trinajstić information content (AvgIpc) is 3.05. The Labute approximate surface area is 158 Å². The van der Waals surface area contributed by atoms with Crippen molar-refractivity contribution in [3.05, 3.63) is 41.5 Å². The first-order valence-electron chi connectivity index (χ1n) is 9.51. The van der Waals surface area contributed by atoms with Gasteiger partial charge in [0.15, 0.2) is 0 Å². The summed E-state index contributed by atoms with van der Waals surface area (Å²) in [5, 5.41) is 4.87. The largest absolute Gasteiger partial charge is 0.379 e. The van der Waals surface area contributed by atoms with Crippen molar-refractivity contribution in [2.24, 2.45) is 5.92 Å². The van der Waals surface area contributed by atoms with Crippen LogP contribution in [0.4, 0.5) is 5.69 Å². The van der Waals surface area contributed by atoms with Crippen molar-refractivity contribution in [2.45, 2.75) is 38.8 Å². The number of benzene rings is 1. The summed E-state index contributed by atoms with van der Waals surface area (Å²) in [5.41, 5.74) is 4.33. The predicted octanol–water partition coefficient (Wildman–Crippen LogP) is 4.56. The fourth-order valence-corrected chi connectivity index (χ4v) is 5.40. The molecule has 2 bridgehead atoms. The molecule has 5 heteroatoms. The molecule has 2 atom stereocenters. The Bertz CT molecular complexity index is 923. The number of hydrogen-bond acceptors (Lipinski definition) is 5. The van der Waals surface area contributed by atoms with E-state index in [1.54, 1.807) is 11.3 Å². The second-order valence-electron chi connectivity index (χ2n) is 7.63. The molecule has 0 amide bonds. The second-order valence-corrected chi connectivity index (χ2v) is 8.87. The van der Waals surface area contributed by atoms with Crippen LogP contribution >= 0.6 is 11.3 Å². The van der Waals surface area contributed by atoms with E-state index >= 15 is 0 Å². The van der Waals surface area contributed by atoms with Crippen LogP contribution in [0.3, 0.4) is 0 Å². The normalized spacial score (nSPS) is 27.8. The van der Waals surface area contributed by atoms with Gasteiger partial charge in [-0.1, -0.05) is 6.07 Å². The number of nitrogens with zero attached hydrogens (tertiary/aromatic N) is 3. The van der Waals surface area contributed by atoms with Crippen molar-refractivity contribution < 1.29 is 0 Å². The van der Waals surface area contributed by atoms with Crippen molar-refractivity contribution in [2.75, 3.05) is 18.4 Å². The number of fused-ring (bicyclic) bond motifs is 4. The van der Waals surface area contributed by atoms with E-state index in [0.29, 0.717) is 12.1 Å². The molecule has 3 fully saturated rings. The zero-order chi connectivity index (χ0) is 17.7. The Hall–Kier alpha value is -1.98. The van der Waals surface area contributed by atoms with Crippen LogP contribution < -0.4 is 5.32 Å². The molecule has 0 spiro atoms. The number of thiazole rings is 1. The molecule has 26 heavy (non-hydrogen) atoms. The molecule has 0 aliphatic carbocycles. The van der Waals surface area contributed by atoms with E-state index in [1.165, 1.54) is 30.6 Å². The molecular formula is C21H24N4S. The maximum Gasteiger partial charge on any atom is 0.0907 e. The van der Waals surface area contributed by atoms with Crippen molar-refractivity contribution in [3.8, 4) is 11.3 Å². The summed E-state index contributed by atoms with van der Waals surface area (Å²) >= 11 is 1.74. The molecule has 0 unspecified atom stereocenters. The van der Waals surface area contributed by atoms with Crippen molar-refractivity contribution in [1.82, 2.24) is 14.9 Å². The molecule has 2 aromatic heterocycles. The maximum atomic E-state index is 4.71. The monoisotopic (exact) mass is 364 g/mol. The minimum atomic E-state index is 0.541. The lowest BCUT2D eigenvalue weighted by atomic mass is 9.79. The standard InChI is InChI=1S/C21H24N4S/c1-13-21(15-7-9-25(13)10-8-15)24-17-4-5-18(22-12-17)16-3-6-20-19(11-16)23-14(2)26-20/h3-6,11-13,15,21,24H,7-10H2,1-2H3/t13-,21-/m1/s1. The molecule has 6 rings (SSSR count). The van der Waals surface area contributed by atoms with Crippen LogP contribution in [0, 0.1) is 12.8 Å². The number of anilines is 1. The quantitative estimate of drug-likeness (QED) is 0.740. The van der Waals surface area contributed by atoms with Crippen LogP contribution in [0.15, 0.2) is 36.5 Å². The molecule has 3 saturated heterocycles. The number of nitrogens with one attached hydrogen (secondary N) is 1. The number of hydrogen-bond donors (Lipinski definition) is 1. The Kier molecular flexibility index (Phi) is 3.94. The molecule has 5 heterocycles. The van der Waals surface area contributed by atoms with E-state index in [-0.39, 0.29) is 0 Å². The van der Waals surface area contributed by atoms with Crippen molar-refractivity contribution >= 4 is 27.2 Å². The third-order valence-electron chi connectivity index (χ3n) is 6.06. The molecule has 3 aliphatic rings. The zero-order valence-electron chi connectivity index (χ0n) is 15.3. The molecule has 4 nitrogen and oxygen atoms in total. The lowest BCUT2D eigenvalue weighted by molar-refractivity contribution is 0.0458. The van der Waals surface area contributed by atoms with Gasteiger partial charge in [0.2, 0.25) is 0 Å². The molecular weight excluding hydrogens is 340 g/mol. The van der Waals surface area contributed by atoms with Gasteiger partial charge in [0.1, 0.15) is 0 Å². The summed E-state index contributed by atoms with van der Waals surface area (Å²) in [4.78, 5) is 11.9. The van der Waals surface area contributed by atoms with Crippen LogP contribution in [0.5, 0.6) is 0 Å². The van der Waals surface area contributed by atoms with Crippen molar-refractivity contribution in [1.29, 1.82) is 0 Å². The highest BCUT2D eigenvalue weighted by Crippen LogP contribution is 2.34. The van der Waals surface area contributed by atoms with Gasteiger partial charge in [-0.15, -0.1) is 11.3 Å². The first-order valence-corrected chi connectivity index (χ1v) is 10.3. The van der Waals surface area contributed by atoms with Crippen LogP contribution in [0.1, 0.15) is 24.8 Å². The fourth-order valence-electron chi connectivity index (χ4n) is 4.59. The highest BCUT2D eigenvalue weighted by Gasteiger charge is 2.39. The van der Waals surface area contributed by atoms with Crippen molar-refractivity contribution in [3.63, 3.8) is 0 Å². The highest BCUT2D eigenvalue weighted by molar-refractivity contribution is 7.18. The summed E-state index contributed by atoms with van der Waals surface area (Å²) in [6, 6.07) is 11.9. The second kappa shape index (κ2) is 6.32. The average molecular weight is 365 g/mol. The van der Waals surface area contributed by atoms with Gasteiger partial charge in [-0.05, 0) is 70.0 Å². The maximum absolute atomic E-state index is 4.71.